The van der Waals surface area contributed by atoms with Gasteiger partial charge in [-0.1, -0.05) is 29.3 Å². The Hall–Kier alpha value is -1.07. The fraction of sp³-hybridized carbons (Fsp3) is 0.500. The molecule has 0 heterocycles. The summed E-state index contributed by atoms with van der Waals surface area (Å²) in [4.78, 5) is 11.1. The number of carbonyl (C=O) groups is 1. The zero-order valence-corrected chi connectivity index (χ0v) is 12.7. The highest BCUT2D eigenvalue weighted by Gasteiger charge is 2.09. The van der Waals surface area contributed by atoms with Crippen LogP contribution >= 0.6 is 15.9 Å². The summed E-state index contributed by atoms with van der Waals surface area (Å²) < 4.78 is 6.21. The van der Waals surface area contributed by atoms with Gasteiger partial charge in [0.15, 0.2) is 0 Å². The normalized spacial score (nSPS) is 10.4. The zero-order chi connectivity index (χ0) is 14.1. The lowest BCUT2D eigenvalue weighted by atomic mass is 10.2. The van der Waals surface area contributed by atoms with Crippen LogP contribution in [0.25, 0.3) is 0 Å². The van der Waals surface area contributed by atoms with E-state index in [1.165, 1.54) is 0 Å². The van der Waals surface area contributed by atoms with Gasteiger partial charge in [0.25, 0.3) is 0 Å². The summed E-state index contributed by atoms with van der Waals surface area (Å²) in [5.74, 6) is -0.928. The predicted molar refractivity (Wildman–Crippen MR) is 79.9 cm³/mol. The summed E-state index contributed by atoms with van der Waals surface area (Å²) in [6.07, 6.45) is 3.08. The standard InChI is InChI=1S/C14H20BrNO3/c1-2-3-8-19-9-4-7-16-13-6-5-11(15)10-12(13)14(17)18/h5-6,10,16H,2-4,7-9H2,1H3,(H,17,18). The highest BCUT2D eigenvalue weighted by Crippen LogP contribution is 2.21. The third-order valence-electron chi connectivity index (χ3n) is 2.64. The largest absolute Gasteiger partial charge is 0.478 e. The molecular weight excluding hydrogens is 310 g/mol. The van der Waals surface area contributed by atoms with E-state index < -0.39 is 5.97 Å². The minimum Gasteiger partial charge on any atom is -0.478 e. The Morgan fingerprint density at radius 2 is 2.11 bits per heavy atom. The number of anilines is 1. The van der Waals surface area contributed by atoms with E-state index in [4.69, 9.17) is 9.84 Å². The number of nitrogens with one attached hydrogen (secondary N) is 1. The fourth-order valence-corrected chi connectivity index (χ4v) is 1.95. The Labute approximate surface area is 122 Å². The molecule has 1 aromatic rings. The van der Waals surface area contributed by atoms with Gasteiger partial charge in [-0.05, 0) is 31.0 Å². The molecular formula is C14H20BrNO3. The molecule has 0 saturated carbocycles. The molecule has 0 fully saturated rings. The lowest BCUT2D eigenvalue weighted by Crippen LogP contribution is -2.10. The first kappa shape index (κ1) is 16.0. The SMILES string of the molecule is CCCCOCCCNc1ccc(Br)cc1C(=O)O. The molecule has 0 atom stereocenters. The lowest BCUT2D eigenvalue weighted by Gasteiger charge is -2.10. The van der Waals surface area contributed by atoms with E-state index in [0.29, 0.717) is 18.8 Å². The van der Waals surface area contributed by atoms with Crippen LogP contribution in [-0.2, 0) is 4.74 Å². The van der Waals surface area contributed by atoms with Crippen LogP contribution in [0.4, 0.5) is 5.69 Å². The summed E-state index contributed by atoms with van der Waals surface area (Å²) in [7, 11) is 0. The molecule has 19 heavy (non-hydrogen) atoms. The van der Waals surface area contributed by atoms with Gasteiger partial charge in [0.05, 0.1) is 5.56 Å². The highest BCUT2D eigenvalue weighted by atomic mass is 79.9. The van der Waals surface area contributed by atoms with Crippen molar-refractivity contribution >= 4 is 27.6 Å². The molecule has 2 N–H and O–H groups in total. The maximum atomic E-state index is 11.1. The van der Waals surface area contributed by atoms with Crippen molar-refractivity contribution < 1.29 is 14.6 Å². The highest BCUT2D eigenvalue weighted by molar-refractivity contribution is 9.10. The molecule has 0 bridgehead atoms. The van der Waals surface area contributed by atoms with Gasteiger partial charge in [-0.2, -0.15) is 0 Å². The number of rotatable bonds is 9. The molecule has 106 valence electrons. The van der Waals surface area contributed by atoms with Crippen molar-refractivity contribution in [2.75, 3.05) is 25.1 Å². The van der Waals surface area contributed by atoms with Crippen molar-refractivity contribution in [2.24, 2.45) is 0 Å². The molecule has 0 aliphatic carbocycles. The topological polar surface area (TPSA) is 58.6 Å². The molecule has 0 radical (unpaired) electrons. The predicted octanol–water partition coefficient (Wildman–Crippen LogP) is 3.77. The summed E-state index contributed by atoms with van der Waals surface area (Å²) in [6, 6.07) is 5.19. The number of hydrogen-bond acceptors (Lipinski definition) is 3. The molecule has 0 aliphatic heterocycles. The van der Waals surface area contributed by atoms with E-state index in [2.05, 4.69) is 28.2 Å². The number of carboxylic acids is 1. The molecule has 0 amide bonds. The van der Waals surface area contributed by atoms with Gasteiger partial charge >= 0.3 is 5.97 Å². The molecule has 0 aliphatic rings. The van der Waals surface area contributed by atoms with Crippen LogP contribution in [-0.4, -0.2) is 30.8 Å². The Bertz CT molecular complexity index is 410. The van der Waals surface area contributed by atoms with E-state index >= 15 is 0 Å². The van der Waals surface area contributed by atoms with E-state index in [1.54, 1.807) is 12.1 Å². The maximum Gasteiger partial charge on any atom is 0.337 e. The fourth-order valence-electron chi connectivity index (χ4n) is 1.59. The van der Waals surface area contributed by atoms with Gasteiger partial charge in [-0.3, -0.25) is 0 Å². The molecule has 4 nitrogen and oxygen atoms in total. The summed E-state index contributed by atoms with van der Waals surface area (Å²) >= 11 is 3.27. The second-order valence-corrected chi connectivity index (χ2v) is 5.16. The van der Waals surface area contributed by atoms with Gasteiger partial charge in [0.1, 0.15) is 0 Å². The van der Waals surface area contributed by atoms with Gasteiger partial charge < -0.3 is 15.2 Å². The Morgan fingerprint density at radius 1 is 1.37 bits per heavy atom. The van der Waals surface area contributed by atoms with Crippen LogP contribution < -0.4 is 5.32 Å². The summed E-state index contributed by atoms with van der Waals surface area (Å²) in [5.41, 5.74) is 0.922. The van der Waals surface area contributed by atoms with Crippen molar-refractivity contribution in [3.8, 4) is 0 Å². The van der Waals surface area contributed by atoms with Crippen molar-refractivity contribution in [1.29, 1.82) is 0 Å². The van der Waals surface area contributed by atoms with E-state index in [9.17, 15) is 4.79 Å². The van der Waals surface area contributed by atoms with E-state index in [0.717, 1.165) is 30.3 Å². The van der Waals surface area contributed by atoms with Crippen LogP contribution in [0.3, 0.4) is 0 Å². The van der Waals surface area contributed by atoms with E-state index in [1.807, 2.05) is 6.07 Å². The average molecular weight is 330 g/mol. The second kappa shape index (κ2) is 8.93. The molecule has 1 aromatic carbocycles. The Morgan fingerprint density at radius 3 is 2.79 bits per heavy atom. The number of hydrogen-bond donors (Lipinski definition) is 2. The summed E-state index contributed by atoms with van der Waals surface area (Å²) in [5, 5.41) is 12.2. The first-order valence-corrected chi connectivity index (χ1v) is 7.29. The molecule has 5 heteroatoms. The third-order valence-corrected chi connectivity index (χ3v) is 3.13. The van der Waals surface area contributed by atoms with Crippen molar-refractivity contribution in [1.82, 2.24) is 0 Å². The van der Waals surface area contributed by atoms with Crippen LogP contribution in [0.1, 0.15) is 36.5 Å². The average Bonchev–Trinajstić information content (AvgIpc) is 2.39. The minimum absolute atomic E-state index is 0.279. The van der Waals surface area contributed by atoms with Gasteiger partial charge in [-0.15, -0.1) is 0 Å². The first-order chi connectivity index (χ1) is 9.15. The lowest BCUT2D eigenvalue weighted by molar-refractivity contribution is 0.0698. The molecule has 0 spiro atoms. The van der Waals surface area contributed by atoms with Crippen molar-refractivity contribution in [3.63, 3.8) is 0 Å². The van der Waals surface area contributed by atoms with E-state index in [-0.39, 0.29) is 5.56 Å². The Kier molecular flexibility index (Phi) is 7.52. The first-order valence-electron chi connectivity index (χ1n) is 6.49. The number of halogens is 1. The number of aromatic carboxylic acids is 1. The van der Waals surface area contributed by atoms with Crippen LogP contribution in [0.5, 0.6) is 0 Å². The van der Waals surface area contributed by atoms with Gasteiger partial charge in [0.2, 0.25) is 0 Å². The third kappa shape index (κ3) is 6.07. The summed E-state index contributed by atoms with van der Waals surface area (Å²) in [6.45, 7) is 4.33. The maximum absolute atomic E-state index is 11.1. The number of unbranched alkanes of at least 4 members (excludes halogenated alkanes) is 1. The number of benzene rings is 1. The number of ether oxygens (including phenoxy) is 1. The second-order valence-electron chi connectivity index (χ2n) is 4.24. The van der Waals surface area contributed by atoms with Crippen molar-refractivity contribution in [3.05, 3.63) is 28.2 Å². The zero-order valence-electron chi connectivity index (χ0n) is 11.1. The number of carboxylic acid groups (broad SMARTS) is 1. The Balaban J connectivity index is 2.35. The molecule has 0 unspecified atom stereocenters. The minimum atomic E-state index is -0.928. The van der Waals surface area contributed by atoms with Crippen LogP contribution in [0, 0.1) is 0 Å². The van der Waals surface area contributed by atoms with Crippen LogP contribution in [0.15, 0.2) is 22.7 Å². The smallest absolute Gasteiger partial charge is 0.337 e. The van der Waals surface area contributed by atoms with Gasteiger partial charge in [0, 0.05) is 29.9 Å². The molecule has 0 saturated heterocycles. The molecule has 0 aromatic heterocycles. The monoisotopic (exact) mass is 329 g/mol. The quantitative estimate of drug-likeness (QED) is 0.677. The molecule has 1 rings (SSSR count). The van der Waals surface area contributed by atoms with Crippen molar-refractivity contribution in [2.45, 2.75) is 26.2 Å². The van der Waals surface area contributed by atoms with Gasteiger partial charge in [-0.25, -0.2) is 4.79 Å². The van der Waals surface area contributed by atoms with Crippen LogP contribution in [0.2, 0.25) is 0 Å².